The van der Waals surface area contributed by atoms with Crippen LogP contribution >= 0.6 is 0 Å². The second kappa shape index (κ2) is 10.9. The molecule has 2 aromatic heterocycles. The van der Waals surface area contributed by atoms with Crippen LogP contribution in [0, 0.1) is 0 Å². The molecule has 36 heavy (non-hydrogen) atoms. The largest absolute Gasteiger partial charge is 0.465 e. The lowest BCUT2D eigenvalue weighted by molar-refractivity contribution is 0.0600. The van der Waals surface area contributed by atoms with Crippen molar-refractivity contribution in [1.82, 2.24) is 19.5 Å². The highest BCUT2D eigenvalue weighted by Gasteiger charge is 2.17. The fourth-order valence-corrected chi connectivity index (χ4v) is 4.95. The molecule has 3 heterocycles. The molecule has 5 rings (SSSR count). The number of nitrogens with zero attached hydrogens (tertiary/aromatic N) is 4. The molecule has 0 atom stereocenters. The first-order chi connectivity index (χ1) is 17.7. The number of esters is 1. The van der Waals surface area contributed by atoms with Gasteiger partial charge in [-0.3, -0.25) is 4.79 Å². The SMILES string of the molecule is COC(=O)c1ccc2c3cnc(Cc4cccc(C=O)c4)nc3n(NCCCN3CCCCC3)c2c1. The molecule has 186 valence electrons. The van der Waals surface area contributed by atoms with Crippen LogP contribution in [0.3, 0.4) is 0 Å². The Morgan fingerprint density at radius 1 is 1.11 bits per heavy atom. The quantitative estimate of drug-likeness (QED) is 0.216. The molecular formula is C28H31N5O3. The molecule has 1 fully saturated rings. The third-order valence-corrected chi connectivity index (χ3v) is 6.80. The monoisotopic (exact) mass is 485 g/mol. The Balaban J connectivity index is 1.46. The molecule has 0 amide bonds. The standard InChI is InChI=1S/C28H31N5O3/c1-36-28(35)22-9-10-23-24-18-29-26(16-20-7-5-8-21(15-20)19-34)31-27(24)33(25(23)17-22)30-11-6-14-32-12-3-2-4-13-32/h5,7-10,15,17-19,30H,2-4,6,11-14,16H2,1H3. The van der Waals surface area contributed by atoms with Crippen molar-refractivity contribution in [2.24, 2.45) is 0 Å². The maximum absolute atomic E-state index is 12.2. The summed E-state index contributed by atoms with van der Waals surface area (Å²) in [6.07, 6.45) is 8.11. The molecule has 4 aromatic rings. The third kappa shape index (κ3) is 5.09. The lowest BCUT2D eigenvalue weighted by Crippen LogP contribution is -2.32. The Labute approximate surface area is 210 Å². The Kier molecular flexibility index (Phi) is 7.23. The maximum atomic E-state index is 12.2. The zero-order chi connectivity index (χ0) is 24.9. The predicted molar refractivity (Wildman–Crippen MR) is 140 cm³/mol. The first-order valence-corrected chi connectivity index (χ1v) is 12.5. The van der Waals surface area contributed by atoms with Gasteiger partial charge < -0.3 is 15.1 Å². The van der Waals surface area contributed by atoms with Gasteiger partial charge in [0.05, 0.1) is 18.2 Å². The van der Waals surface area contributed by atoms with Gasteiger partial charge in [0.15, 0.2) is 5.65 Å². The summed E-state index contributed by atoms with van der Waals surface area (Å²) >= 11 is 0. The van der Waals surface area contributed by atoms with E-state index in [-0.39, 0.29) is 5.97 Å². The van der Waals surface area contributed by atoms with Crippen molar-refractivity contribution in [3.63, 3.8) is 0 Å². The summed E-state index contributed by atoms with van der Waals surface area (Å²) in [5.41, 5.74) is 7.27. The topological polar surface area (TPSA) is 89.4 Å². The molecule has 1 aliphatic heterocycles. The van der Waals surface area contributed by atoms with Crippen molar-refractivity contribution in [3.8, 4) is 0 Å². The molecule has 0 spiro atoms. The number of carbonyl (C=O) groups is 2. The fourth-order valence-electron chi connectivity index (χ4n) is 4.95. The van der Waals surface area contributed by atoms with Crippen LogP contribution in [-0.4, -0.2) is 65.1 Å². The van der Waals surface area contributed by atoms with E-state index in [2.05, 4.69) is 15.3 Å². The smallest absolute Gasteiger partial charge is 0.337 e. The molecule has 1 saturated heterocycles. The number of aromatic nitrogens is 3. The van der Waals surface area contributed by atoms with E-state index in [1.54, 1.807) is 12.1 Å². The maximum Gasteiger partial charge on any atom is 0.337 e. The molecule has 0 saturated carbocycles. The number of hydrogen-bond donors (Lipinski definition) is 1. The van der Waals surface area contributed by atoms with Gasteiger partial charge in [-0.25, -0.2) is 19.4 Å². The lowest BCUT2D eigenvalue weighted by atomic mass is 10.1. The number of methoxy groups -OCH3 is 1. The summed E-state index contributed by atoms with van der Waals surface area (Å²) in [7, 11) is 1.39. The Morgan fingerprint density at radius 3 is 2.78 bits per heavy atom. The number of benzene rings is 2. The van der Waals surface area contributed by atoms with Crippen LogP contribution in [0.5, 0.6) is 0 Å². The van der Waals surface area contributed by atoms with Gasteiger partial charge in [0.2, 0.25) is 0 Å². The minimum atomic E-state index is -0.374. The Bertz CT molecular complexity index is 1390. The van der Waals surface area contributed by atoms with Gasteiger partial charge in [0, 0.05) is 35.5 Å². The number of nitrogens with one attached hydrogen (secondary N) is 1. The summed E-state index contributed by atoms with van der Waals surface area (Å²) < 4.78 is 6.91. The van der Waals surface area contributed by atoms with Crippen LogP contribution < -0.4 is 5.43 Å². The van der Waals surface area contributed by atoms with Gasteiger partial charge in [0.25, 0.3) is 0 Å². The minimum Gasteiger partial charge on any atom is -0.465 e. The fraction of sp³-hybridized carbons (Fsp3) is 0.357. The van der Waals surface area contributed by atoms with E-state index < -0.39 is 0 Å². The van der Waals surface area contributed by atoms with E-state index in [4.69, 9.17) is 9.72 Å². The van der Waals surface area contributed by atoms with Crippen molar-refractivity contribution >= 4 is 34.2 Å². The van der Waals surface area contributed by atoms with Crippen molar-refractivity contribution in [2.45, 2.75) is 32.1 Å². The van der Waals surface area contributed by atoms with Gasteiger partial charge in [0.1, 0.15) is 12.1 Å². The third-order valence-electron chi connectivity index (χ3n) is 6.80. The number of fused-ring (bicyclic) bond motifs is 3. The highest BCUT2D eigenvalue weighted by molar-refractivity contribution is 6.08. The van der Waals surface area contributed by atoms with Gasteiger partial charge in [-0.2, -0.15) is 0 Å². The summed E-state index contributed by atoms with van der Waals surface area (Å²) in [4.78, 5) is 35.4. The highest BCUT2D eigenvalue weighted by Crippen LogP contribution is 2.28. The number of hydrogen-bond acceptors (Lipinski definition) is 7. The molecule has 2 aromatic carbocycles. The summed E-state index contributed by atoms with van der Waals surface area (Å²) in [5, 5.41) is 1.88. The van der Waals surface area contributed by atoms with Crippen molar-refractivity contribution in [3.05, 3.63) is 71.2 Å². The van der Waals surface area contributed by atoms with E-state index in [0.717, 1.165) is 53.3 Å². The van der Waals surface area contributed by atoms with Crippen LogP contribution in [0.2, 0.25) is 0 Å². The number of rotatable bonds is 9. The van der Waals surface area contributed by atoms with Crippen LogP contribution in [0.25, 0.3) is 21.9 Å². The molecule has 0 aliphatic carbocycles. The minimum absolute atomic E-state index is 0.374. The molecule has 0 bridgehead atoms. The second-order valence-electron chi connectivity index (χ2n) is 9.29. The van der Waals surface area contributed by atoms with Crippen LogP contribution in [0.15, 0.2) is 48.7 Å². The van der Waals surface area contributed by atoms with Gasteiger partial charge in [-0.05, 0) is 62.7 Å². The molecule has 8 nitrogen and oxygen atoms in total. The van der Waals surface area contributed by atoms with Crippen LogP contribution in [-0.2, 0) is 11.2 Å². The molecule has 0 radical (unpaired) electrons. The summed E-state index contributed by atoms with van der Waals surface area (Å²) in [6, 6.07) is 13.0. The Morgan fingerprint density at radius 2 is 1.97 bits per heavy atom. The highest BCUT2D eigenvalue weighted by atomic mass is 16.5. The number of likely N-dealkylation sites (tertiary alicyclic amines) is 1. The Hall–Kier alpha value is -3.78. The summed E-state index contributed by atoms with van der Waals surface area (Å²) in [5.74, 6) is 0.290. The zero-order valence-corrected chi connectivity index (χ0v) is 20.6. The van der Waals surface area contributed by atoms with E-state index in [0.29, 0.717) is 23.4 Å². The average molecular weight is 486 g/mol. The molecular weight excluding hydrogens is 454 g/mol. The molecule has 1 aliphatic rings. The number of aldehydes is 1. The molecule has 1 N–H and O–H groups in total. The van der Waals surface area contributed by atoms with Crippen molar-refractivity contribution < 1.29 is 14.3 Å². The molecule has 8 heteroatoms. The zero-order valence-electron chi connectivity index (χ0n) is 20.6. The van der Waals surface area contributed by atoms with E-state index in [1.807, 2.05) is 41.2 Å². The van der Waals surface area contributed by atoms with Crippen LogP contribution in [0.4, 0.5) is 0 Å². The number of ether oxygens (including phenoxy) is 1. The lowest BCUT2D eigenvalue weighted by Gasteiger charge is -2.26. The van der Waals surface area contributed by atoms with Gasteiger partial charge in [-0.15, -0.1) is 0 Å². The first kappa shape index (κ1) is 23.9. The number of piperidine rings is 1. The summed E-state index contributed by atoms with van der Waals surface area (Å²) in [6.45, 7) is 4.20. The van der Waals surface area contributed by atoms with Gasteiger partial charge >= 0.3 is 5.97 Å². The normalized spacial score (nSPS) is 14.2. The molecule has 0 unspecified atom stereocenters. The van der Waals surface area contributed by atoms with Crippen LogP contribution in [0.1, 0.15) is 57.8 Å². The van der Waals surface area contributed by atoms with E-state index in [9.17, 15) is 9.59 Å². The first-order valence-electron chi connectivity index (χ1n) is 12.5. The van der Waals surface area contributed by atoms with Gasteiger partial charge in [-0.1, -0.05) is 30.7 Å². The number of carbonyl (C=O) groups excluding carboxylic acids is 2. The van der Waals surface area contributed by atoms with Crippen molar-refractivity contribution in [1.29, 1.82) is 0 Å². The second-order valence-corrected chi connectivity index (χ2v) is 9.29. The average Bonchev–Trinajstić information content (AvgIpc) is 3.23. The van der Waals surface area contributed by atoms with E-state index >= 15 is 0 Å². The predicted octanol–water partition coefficient (Wildman–Crippen LogP) is 4.19. The van der Waals surface area contributed by atoms with Crippen molar-refractivity contribution in [2.75, 3.05) is 38.7 Å². The van der Waals surface area contributed by atoms with E-state index in [1.165, 1.54) is 39.5 Å².